The largest absolute Gasteiger partial charge is 0.313 e. The van der Waals surface area contributed by atoms with E-state index < -0.39 is 0 Å². The Morgan fingerprint density at radius 1 is 1.25 bits per heavy atom. The van der Waals surface area contributed by atoms with E-state index >= 15 is 0 Å². The molecule has 92 valence electrons. The average Bonchev–Trinajstić information content (AvgIpc) is 2.66. The summed E-state index contributed by atoms with van der Waals surface area (Å²) in [5.41, 5.74) is 4.08. The van der Waals surface area contributed by atoms with Crippen LogP contribution in [0.15, 0.2) is 0 Å². The summed E-state index contributed by atoms with van der Waals surface area (Å²) in [7, 11) is 2.01. The molecule has 0 radical (unpaired) electrons. The first-order valence-corrected chi connectivity index (χ1v) is 6.45. The molecule has 1 aromatic heterocycles. The minimum Gasteiger partial charge on any atom is -0.313 e. The van der Waals surface area contributed by atoms with Gasteiger partial charge >= 0.3 is 0 Å². The molecule has 1 rings (SSSR count). The smallest absolute Gasteiger partial charge is 0.0672 e. The van der Waals surface area contributed by atoms with Crippen LogP contribution in [0.3, 0.4) is 0 Å². The highest BCUT2D eigenvalue weighted by Gasteiger charge is 2.18. The van der Waals surface area contributed by atoms with E-state index in [4.69, 9.17) is 5.10 Å². The molecule has 0 saturated heterocycles. The van der Waals surface area contributed by atoms with Gasteiger partial charge in [0.15, 0.2) is 0 Å². The normalized spacial score (nSPS) is 13.1. The van der Waals surface area contributed by atoms with E-state index in [2.05, 4.69) is 37.7 Å². The Hall–Kier alpha value is -0.830. The predicted octanol–water partition coefficient (Wildman–Crippen LogP) is 2.70. The molecule has 1 unspecified atom stereocenters. The highest BCUT2D eigenvalue weighted by atomic mass is 15.3. The van der Waals surface area contributed by atoms with Crippen molar-refractivity contribution in [2.45, 2.75) is 59.5 Å². The molecule has 0 aliphatic heterocycles. The molecule has 0 aliphatic carbocycles. The van der Waals surface area contributed by atoms with Gasteiger partial charge in [-0.05, 0) is 33.2 Å². The van der Waals surface area contributed by atoms with Gasteiger partial charge in [-0.15, -0.1) is 0 Å². The van der Waals surface area contributed by atoms with Crippen molar-refractivity contribution in [1.29, 1.82) is 0 Å². The topological polar surface area (TPSA) is 29.9 Å². The molecule has 1 aromatic rings. The number of hydrogen-bond donors (Lipinski definition) is 1. The first kappa shape index (κ1) is 13.2. The average molecular weight is 223 g/mol. The molecule has 0 saturated carbocycles. The van der Waals surface area contributed by atoms with Crippen molar-refractivity contribution < 1.29 is 0 Å². The van der Waals surface area contributed by atoms with E-state index in [1.807, 2.05) is 7.05 Å². The third-order valence-electron chi connectivity index (χ3n) is 3.15. The van der Waals surface area contributed by atoms with Gasteiger partial charge in [-0.3, -0.25) is 4.68 Å². The van der Waals surface area contributed by atoms with E-state index in [9.17, 15) is 0 Å². The molecule has 1 N–H and O–H groups in total. The van der Waals surface area contributed by atoms with E-state index in [0.717, 1.165) is 25.8 Å². The lowest BCUT2D eigenvalue weighted by Gasteiger charge is -2.13. The van der Waals surface area contributed by atoms with Gasteiger partial charge in [-0.1, -0.05) is 20.8 Å². The van der Waals surface area contributed by atoms with Gasteiger partial charge in [0.2, 0.25) is 0 Å². The predicted molar refractivity (Wildman–Crippen MR) is 68.7 cm³/mol. The molecule has 3 heteroatoms. The van der Waals surface area contributed by atoms with Crippen molar-refractivity contribution in [3.05, 3.63) is 17.0 Å². The van der Waals surface area contributed by atoms with Crippen molar-refractivity contribution in [3.8, 4) is 0 Å². The van der Waals surface area contributed by atoms with Gasteiger partial charge in [0.05, 0.1) is 5.69 Å². The number of rotatable bonds is 6. The molecule has 16 heavy (non-hydrogen) atoms. The van der Waals surface area contributed by atoms with Crippen molar-refractivity contribution in [3.63, 3.8) is 0 Å². The number of aromatic nitrogens is 2. The lowest BCUT2D eigenvalue weighted by molar-refractivity contribution is 0.566. The molecule has 1 atom stereocenters. The van der Waals surface area contributed by atoms with Crippen LogP contribution in [0.4, 0.5) is 0 Å². The summed E-state index contributed by atoms with van der Waals surface area (Å²) >= 11 is 0. The Kier molecular flexibility index (Phi) is 5.00. The summed E-state index contributed by atoms with van der Waals surface area (Å²) in [4.78, 5) is 0. The first-order valence-electron chi connectivity index (χ1n) is 6.45. The maximum atomic E-state index is 4.73. The van der Waals surface area contributed by atoms with Gasteiger partial charge in [-0.25, -0.2) is 0 Å². The van der Waals surface area contributed by atoms with Crippen LogP contribution in [0.25, 0.3) is 0 Å². The molecule has 0 spiro atoms. The zero-order valence-corrected chi connectivity index (χ0v) is 11.3. The molecule has 0 aliphatic rings. The minimum absolute atomic E-state index is 0.399. The van der Waals surface area contributed by atoms with Crippen LogP contribution in [0.5, 0.6) is 0 Å². The standard InChI is InChI=1S/C13H25N3/c1-6-9-16-12(8-3)13(10(4)14-5)11(7-2)15-16/h10,14H,6-9H2,1-5H3. The number of aryl methyl sites for hydroxylation is 2. The first-order chi connectivity index (χ1) is 7.69. The monoisotopic (exact) mass is 223 g/mol. The van der Waals surface area contributed by atoms with E-state index in [1.54, 1.807) is 0 Å². The van der Waals surface area contributed by atoms with Crippen LogP contribution in [0.1, 0.15) is 57.1 Å². The fourth-order valence-corrected chi connectivity index (χ4v) is 2.24. The van der Waals surface area contributed by atoms with Crippen LogP contribution < -0.4 is 5.32 Å². The summed E-state index contributed by atoms with van der Waals surface area (Å²) in [6.07, 6.45) is 3.23. The molecule has 0 bridgehead atoms. The maximum absolute atomic E-state index is 4.73. The summed E-state index contributed by atoms with van der Waals surface area (Å²) in [5.74, 6) is 0. The minimum atomic E-state index is 0.399. The maximum Gasteiger partial charge on any atom is 0.0672 e. The second-order valence-corrected chi connectivity index (χ2v) is 4.25. The molecule has 0 amide bonds. The van der Waals surface area contributed by atoms with Crippen molar-refractivity contribution in [2.24, 2.45) is 0 Å². The molecule has 0 fully saturated rings. The SMILES string of the molecule is CCCn1nc(CC)c(C(C)NC)c1CC. The van der Waals surface area contributed by atoms with Gasteiger partial charge < -0.3 is 5.32 Å². The van der Waals surface area contributed by atoms with Gasteiger partial charge in [0.1, 0.15) is 0 Å². The lowest BCUT2D eigenvalue weighted by Crippen LogP contribution is -2.15. The van der Waals surface area contributed by atoms with Gasteiger partial charge in [0.25, 0.3) is 0 Å². The Morgan fingerprint density at radius 2 is 1.94 bits per heavy atom. The van der Waals surface area contributed by atoms with E-state index in [0.29, 0.717) is 6.04 Å². The second-order valence-electron chi connectivity index (χ2n) is 4.25. The molecule has 0 aromatic carbocycles. The zero-order valence-electron chi connectivity index (χ0n) is 11.3. The number of nitrogens with one attached hydrogen (secondary N) is 1. The third-order valence-corrected chi connectivity index (χ3v) is 3.15. The zero-order chi connectivity index (χ0) is 12.1. The van der Waals surface area contributed by atoms with Crippen LogP contribution in [0.2, 0.25) is 0 Å². The molecular formula is C13H25N3. The molecule has 3 nitrogen and oxygen atoms in total. The quantitative estimate of drug-likeness (QED) is 0.803. The Balaban J connectivity index is 3.19. The number of hydrogen-bond acceptors (Lipinski definition) is 2. The Morgan fingerprint density at radius 3 is 2.38 bits per heavy atom. The summed E-state index contributed by atoms with van der Waals surface area (Å²) in [6, 6.07) is 0.399. The number of nitrogens with zero attached hydrogens (tertiary/aromatic N) is 2. The van der Waals surface area contributed by atoms with Crippen LogP contribution in [0, 0.1) is 0 Å². The fraction of sp³-hybridized carbons (Fsp3) is 0.769. The molecule has 1 heterocycles. The summed E-state index contributed by atoms with van der Waals surface area (Å²) in [6.45, 7) is 9.85. The van der Waals surface area contributed by atoms with Crippen LogP contribution in [-0.4, -0.2) is 16.8 Å². The molecular weight excluding hydrogens is 198 g/mol. The summed E-state index contributed by atoms with van der Waals surface area (Å²) < 4.78 is 2.20. The third kappa shape index (κ3) is 2.46. The second kappa shape index (κ2) is 6.04. The van der Waals surface area contributed by atoms with Gasteiger partial charge in [-0.2, -0.15) is 5.10 Å². The fourth-order valence-electron chi connectivity index (χ4n) is 2.24. The van der Waals surface area contributed by atoms with Crippen molar-refractivity contribution in [2.75, 3.05) is 7.05 Å². The lowest BCUT2D eigenvalue weighted by atomic mass is 10.0. The Bertz CT molecular complexity index is 328. The highest BCUT2D eigenvalue weighted by molar-refractivity contribution is 5.30. The van der Waals surface area contributed by atoms with Crippen LogP contribution >= 0.6 is 0 Å². The van der Waals surface area contributed by atoms with Crippen molar-refractivity contribution >= 4 is 0 Å². The Labute approximate surface area is 99.2 Å². The van der Waals surface area contributed by atoms with Crippen LogP contribution in [-0.2, 0) is 19.4 Å². The summed E-state index contributed by atoms with van der Waals surface area (Å²) in [5, 5.41) is 8.07. The van der Waals surface area contributed by atoms with Crippen molar-refractivity contribution in [1.82, 2.24) is 15.1 Å². The van der Waals surface area contributed by atoms with E-state index in [-0.39, 0.29) is 0 Å². The van der Waals surface area contributed by atoms with E-state index in [1.165, 1.54) is 17.0 Å². The van der Waals surface area contributed by atoms with Gasteiger partial charge in [0, 0.05) is 23.8 Å². The highest BCUT2D eigenvalue weighted by Crippen LogP contribution is 2.23.